The topological polar surface area (TPSA) is 29.1 Å². The number of nitrogens with one attached hydrogen (secondary N) is 1. The molecular weight excluding hydrogens is 278 g/mol. The quantitative estimate of drug-likeness (QED) is 0.843. The molecule has 0 aromatic heterocycles. The van der Waals surface area contributed by atoms with Gasteiger partial charge in [-0.25, -0.2) is 0 Å². The Bertz CT molecular complexity index is 559. The second kappa shape index (κ2) is 6.64. The summed E-state index contributed by atoms with van der Waals surface area (Å²) in [4.78, 5) is 13.2. The van der Waals surface area contributed by atoms with Gasteiger partial charge in [0.2, 0.25) is 5.91 Å². The molecule has 0 aliphatic heterocycles. The predicted molar refractivity (Wildman–Crippen MR) is 81.8 cm³/mol. The molecule has 1 atom stereocenters. The first-order valence-corrected chi connectivity index (χ1v) is 7.19. The maximum atomic E-state index is 12.1. The van der Waals surface area contributed by atoms with Crippen LogP contribution in [0.5, 0.6) is 0 Å². The standard InChI is InChI=1S/C15H14ClNOS/c1-11(19-12-7-3-2-4-8-12)15(18)17-14-10-6-5-9-13(14)16/h2-11H,1H3,(H,17,18). The van der Waals surface area contributed by atoms with Crippen molar-refractivity contribution in [2.24, 2.45) is 0 Å². The Morgan fingerprint density at radius 1 is 1.11 bits per heavy atom. The van der Waals surface area contributed by atoms with Crippen LogP contribution in [0.4, 0.5) is 5.69 Å². The van der Waals surface area contributed by atoms with Gasteiger partial charge in [-0.1, -0.05) is 41.9 Å². The number of rotatable bonds is 4. The highest BCUT2D eigenvalue weighted by Gasteiger charge is 2.15. The fourth-order valence-corrected chi connectivity index (χ4v) is 2.63. The summed E-state index contributed by atoms with van der Waals surface area (Å²) < 4.78 is 0. The predicted octanol–water partition coefficient (Wildman–Crippen LogP) is 4.46. The molecular formula is C15H14ClNOS. The molecule has 19 heavy (non-hydrogen) atoms. The van der Waals surface area contributed by atoms with Gasteiger partial charge < -0.3 is 5.32 Å². The van der Waals surface area contributed by atoms with E-state index in [0.29, 0.717) is 10.7 Å². The van der Waals surface area contributed by atoms with Crippen LogP contribution in [0, 0.1) is 0 Å². The van der Waals surface area contributed by atoms with Crippen molar-refractivity contribution in [1.82, 2.24) is 0 Å². The van der Waals surface area contributed by atoms with E-state index in [9.17, 15) is 4.79 Å². The molecule has 1 amide bonds. The van der Waals surface area contributed by atoms with Crippen LogP contribution < -0.4 is 5.32 Å². The van der Waals surface area contributed by atoms with E-state index in [0.717, 1.165) is 4.90 Å². The Morgan fingerprint density at radius 2 is 1.74 bits per heavy atom. The molecule has 0 fully saturated rings. The average molecular weight is 292 g/mol. The maximum absolute atomic E-state index is 12.1. The second-order valence-electron chi connectivity index (χ2n) is 4.04. The van der Waals surface area contributed by atoms with Gasteiger partial charge in [-0.3, -0.25) is 4.79 Å². The SMILES string of the molecule is CC(Sc1ccccc1)C(=O)Nc1ccccc1Cl. The zero-order chi connectivity index (χ0) is 13.7. The largest absolute Gasteiger partial charge is 0.324 e. The van der Waals surface area contributed by atoms with Gasteiger partial charge >= 0.3 is 0 Å². The minimum atomic E-state index is -0.182. The van der Waals surface area contributed by atoms with Crippen LogP contribution in [0.15, 0.2) is 59.5 Å². The molecule has 4 heteroatoms. The third kappa shape index (κ3) is 4.01. The molecule has 0 saturated carbocycles. The summed E-state index contributed by atoms with van der Waals surface area (Å²) in [7, 11) is 0. The Balaban J connectivity index is 1.99. The summed E-state index contributed by atoms with van der Waals surface area (Å²) in [6.07, 6.45) is 0. The van der Waals surface area contributed by atoms with Crippen molar-refractivity contribution >= 4 is 35.0 Å². The van der Waals surface area contributed by atoms with Crippen LogP contribution >= 0.6 is 23.4 Å². The molecule has 0 aliphatic carbocycles. The highest BCUT2D eigenvalue weighted by atomic mass is 35.5. The molecule has 0 heterocycles. The number of anilines is 1. The van der Waals surface area contributed by atoms with E-state index in [1.807, 2.05) is 49.4 Å². The van der Waals surface area contributed by atoms with Crippen LogP contribution in [0.1, 0.15) is 6.92 Å². The van der Waals surface area contributed by atoms with Crippen molar-refractivity contribution in [3.8, 4) is 0 Å². The lowest BCUT2D eigenvalue weighted by molar-refractivity contribution is -0.115. The summed E-state index contributed by atoms with van der Waals surface area (Å²) in [6, 6.07) is 17.1. The Morgan fingerprint density at radius 3 is 2.42 bits per heavy atom. The molecule has 2 aromatic carbocycles. The number of carbonyl (C=O) groups excluding carboxylic acids is 1. The van der Waals surface area contributed by atoms with Crippen LogP contribution in [0.25, 0.3) is 0 Å². The van der Waals surface area contributed by atoms with Crippen LogP contribution in [-0.4, -0.2) is 11.2 Å². The molecule has 2 nitrogen and oxygen atoms in total. The van der Waals surface area contributed by atoms with Crippen molar-refractivity contribution in [1.29, 1.82) is 0 Å². The Labute approximate surface area is 122 Å². The summed E-state index contributed by atoms with van der Waals surface area (Å²) in [5, 5.41) is 3.21. The third-order valence-corrected chi connectivity index (χ3v) is 4.00. The lowest BCUT2D eigenvalue weighted by Gasteiger charge is -2.12. The molecule has 2 aromatic rings. The molecule has 2 rings (SSSR count). The molecule has 1 unspecified atom stereocenters. The smallest absolute Gasteiger partial charge is 0.237 e. The number of hydrogen-bond acceptors (Lipinski definition) is 2. The van der Waals surface area contributed by atoms with Crippen molar-refractivity contribution in [2.45, 2.75) is 17.1 Å². The fraction of sp³-hybridized carbons (Fsp3) is 0.133. The first kappa shape index (κ1) is 14.0. The highest BCUT2D eigenvalue weighted by Crippen LogP contribution is 2.25. The van der Waals surface area contributed by atoms with E-state index >= 15 is 0 Å². The van der Waals surface area contributed by atoms with E-state index < -0.39 is 0 Å². The summed E-state index contributed by atoms with van der Waals surface area (Å²) in [6.45, 7) is 1.88. The van der Waals surface area contributed by atoms with Gasteiger partial charge in [0.25, 0.3) is 0 Å². The van der Waals surface area contributed by atoms with Gasteiger partial charge in [-0.2, -0.15) is 0 Å². The molecule has 98 valence electrons. The first-order chi connectivity index (χ1) is 9.16. The normalized spacial score (nSPS) is 11.9. The maximum Gasteiger partial charge on any atom is 0.237 e. The van der Waals surface area contributed by atoms with Gasteiger partial charge in [0.05, 0.1) is 16.0 Å². The lowest BCUT2D eigenvalue weighted by Crippen LogP contribution is -2.22. The van der Waals surface area contributed by atoms with E-state index in [1.54, 1.807) is 12.1 Å². The number of benzene rings is 2. The Hall–Kier alpha value is -1.45. The second-order valence-corrected chi connectivity index (χ2v) is 5.86. The number of para-hydroxylation sites is 1. The zero-order valence-electron chi connectivity index (χ0n) is 10.5. The summed E-state index contributed by atoms with van der Waals surface area (Å²) in [5.41, 5.74) is 0.648. The van der Waals surface area contributed by atoms with Gasteiger partial charge in [-0.05, 0) is 31.2 Å². The fourth-order valence-electron chi connectivity index (χ4n) is 1.55. The van der Waals surface area contributed by atoms with Crippen molar-refractivity contribution in [3.05, 3.63) is 59.6 Å². The average Bonchev–Trinajstić information content (AvgIpc) is 2.42. The van der Waals surface area contributed by atoms with Crippen molar-refractivity contribution < 1.29 is 4.79 Å². The molecule has 1 N–H and O–H groups in total. The van der Waals surface area contributed by atoms with E-state index in [2.05, 4.69) is 5.32 Å². The van der Waals surface area contributed by atoms with Crippen molar-refractivity contribution in [3.63, 3.8) is 0 Å². The van der Waals surface area contributed by atoms with Crippen LogP contribution in [0.2, 0.25) is 5.02 Å². The minimum Gasteiger partial charge on any atom is -0.324 e. The minimum absolute atomic E-state index is 0.0537. The first-order valence-electron chi connectivity index (χ1n) is 5.94. The van der Waals surface area contributed by atoms with E-state index in [-0.39, 0.29) is 11.2 Å². The third-order valence-electron chi connectivity index (χ3n) is 2.56. The monoisotopic (exact) mass is 291 g/mol. The molecule has 0 saturated heterocycles. The van der Waals surface area contributed by atoms with E-state index in [1.165, 1.54) is 11.8 Å². The van der Waals surface area contributed by atoms with E-state index in [4.69, 9.17) is 11.6 Å². The summed E-state index contributed by atoms with van der Waals surface area (Å²) in [5.74, 6) is -0.0537. The van der Waals surface area contributed by atoms with Crippen LogP contribution in [0.3, 0.4) is 0 Å². The number of halogens is 1. The number of carbonyl (C=O) groups is 1. The molecule has 0 aliphatic rings. The molecule has 0 bridgehead atoms. The number of thioether (sulfide) groups is 1. The highest BCUT2D eigenvalue weighted by molar-refractivity contribution is 8.00. The molecule has 0 spiro atoms. The van der Waals surface area contributed by atoms with Crippen LogP contribution in [-0.2, 0) is 4.79 Å². The molecule has 0 radical (unpaired) electrons. The van der Waals surface area contributed by atoms with Gasteiger partial charge in [-0.15, -0.1) is 11.8 Å². The number of hydrogen-bond donors (Lipinski definition) is 1. The zero-order valence-corrected chi connectivity index (χ0v) is 12.0. The van der Waals surface area contributed by atoms with Gasteiger partial charge in [0, 0.05) is 4.90 Å². The van der Waals surface area contributed by atoms with Gasteiger partial charge in [0.15, 0.2) is 0 Å². The van der Waals surface area contributed by atoms with Crippen molar-refractivity contribution in [2.75, 3.05) is 5.32 Å². The van der Waals surface area contributed by atoms with Gasteiger partial charge in [0.1, 0.15) is 0 Å². The lowest BCUT2D eigenvalue weighted by atomic mass is 10.3. The number of amides is 1. The summed E-state index contributed by atoms with van der Waals surface area (Å²) >= 11 is 7.53. The Kier molecular flexibility index (Phi) is 4.88.